The van der Waals surface area contributed by atoms with Gasteiger partial charge in [-0.15, -0.1) is 0 Å². The summed E-state index contributed by atoms with van der Waals surface area (Å²) in [4.78, 5) is 12.2. The molecular weight excluding hydrogens is 290 g/mol. The van der Waals surface area contributed by atoms with Crippen molar-refractivity contribution in [3.63, 3.8) is 0 Å². The van der Waals surface area contributed by atoms with Crippen LogP contribution in [0.5, 0.6) is 0 Å². The number of carbonyl (C=O) groups is 1. The quantitative estimate of drug-likeness (QED) is 0.845. The molecule has 0 unspecified atom stereocenters. The molecule has 1 aromatic rings. The van der Waals surface area contributed by atoms with Crippen LogP contribution >= 0.6 is 0 Å². The molecular formula is C15H21NO4S. The monoisotopic (exact) mass is 311 g/mol. The zero-order valence-electron chi connectivity index (χ0n) is 12.3. The van der Waals surface area contributed by atoms with Gasteiger partial charge in [0.1, 0.15) is 0 Å². The maximum absolute atomic E-state index is 12.3. The van der Waals surface area contributed by atoms with Crippen molar-refractivity contribution >= 4 is 16.0 Å². The van der Waals surface area contributed by atoms with E-state index in [4.69, 9.17) is 4.74 Å². The lowest BCUT2D eigenvalue weighted by Crippen LogP contribution is -2.41. The van der Waals surface area contributed by atoms with Gasteiger partial charge in [0, 0.05) is 6.04 Å². The summed E-state index contributed by atoms with van der Waals surface area (Å²) in [7, 11) is -3.60. The van der Waals surface area contributed by atoms with Crippen molar-refractivity contribution in [2.45, 2.75) is 50.2 Å². The highest BCUT2D eigenvalue weighted by molar-refractivity contribution is 7.89. The summed E-state index contributed by atoms with van der Waals surface area (Å²) in [5, 5.41) is 0. The van der Waals surface area contributed by atoms with Crippen molar-refractivity contribution in [1.82, 2.24) is 4.72 Å². The lowest BCUT2D eigenvalue weighted by atomic mass is 10.1. The van der Waals surface area contributed by atoms with Crippen LogP contribution in [0.1, 0.15) is 33.1 Å². The lowest BCUT2D eigenvalue weighted by Gasteiger charge is -2.21. The SMILES string of the molecule is CC(C)OC(=O)[C@H]1CCC[C@H]1NS(=O)(=O)c1ccccc1. The van der Waals surface area contributed by atoms with Crippen LogP contribution < -0.4 is 4.72 Å². The van der Waals surface area contributed by atoms with Crippen molar-refractivity contribution in [2.24, 2.45) is 5.92 Å². The maximum atomic E-state index is 12.3. The molecule has 5 nitrogen and oxygen atoms in total. The molecule has 0 amide bonds. The molecule has 1 saturated carbocycles. The van der Waals surface area contributed by atoms with Crippen LogP contribution in [0.15, 0.2) is 35.2 Å². The van der Waals surface area contributed by atoms with E-state index in [9.17, 15) is 13.2 Å². The summed E-state index contributed by atoms with van der Waals surface area (Å²) in [5.41, 5.74) is 0. The number of ether oxygens (including phenoxy) is 1. The zero-order valence-corrected chi connectivity index (χ0v) is 13.1. The summed E-state index contributed by atoms with van der Waals surface area (Å²) in [6, 6.07) is 7.80. The van der Waals surface area contributed by atoms with Crippen LogP contribution in [0.25, 0.3) is 0 Å². The van der Waals surface area contributed by atoms with Crippen LogP contribution in [0.4, 0.5) is 0 Å². The van der Waals surface area contributed by atoms with Crippen molar-refractivity contribution in [3.8, 4) is 0 Å². The summed E-state index contributed by atoms with van der Waals surface area (Å²) in [6.45, 7) is 3.58. The number of nitrogens with one attached hydrogen (secondary N) is 1. The molecule has 0 spiro atoms. The minimum atomic E-state index is -3.60. The molecule has 1 aliphatic rings. The molecule has 116 valence electrons. The highest BCUT2D eigenvalue weighted by Gasteiger charge is 2.37. The molecule has 1 aliphatic carbocycles. The fraction of sp³-hybridized carbons (Fsp3) is 0.533. The van der Waals surface area contributed by atoms with Crippen LogP contribution in [-0.4, -0.2) is 26.5 Å². The highest BCUT2D eigenvalue weighted by Crippen LogP contribution is 2.28. The van der Waals surface area contributed by atoms with E-state index in [0.29, 0.717) is 12.8 Å². The first-order valence-electron chi connectivity index (χ1n) is 7.18. The first-order chi connectivity index (χ1) is 9.90. The van der Waals surface area contributed by atoms with Gasteiger partial charge in [-0.25, -0.2) is 13.1 Å². The Bertz CT molecular complexity index is 583. The van der Waals surface area contributed by atoms with Gasteiger partial charge in [-0.2, -0.15) is 0 Å². The zero-order chi connectivity index (χ0) is 15.5. The Labute approximate surface area is 125 Å². The molecule has 0 aliphatic heterocycles. The molecule has 6 heteroatoms. The molecule has 1 N–H and O–H groups in total. The Morgan fingerprint density at radius 1 is 1.24 bits per heavy atom. The molecule has 1 aromatic carbocycles. The Balaban J connectivity index is 2.09. The second-order valence-corrected chi connectivity index (χ2v) is 7.28. The average molecular weight is 311 g/mol. The Kier molecular flexibility index (Phi) is 5.00. The topological polar surface area (TPSA) is 72.5 Å². The lowest BCUT2D eigenvalue weighted by molar-refractivity contribution is -0.152. The van der Waals surface area contributed by atoms with Crippen LogP contribution in [0.2, 0.25) is 0 Å². The molecule has 2 atom stereocenters. The second kappa shape index (κ2) is 6.58. The van der Waals surface area contributed by atoms with Crippen molar-refractivity contribution < 1.29 is 17.9 Å². The highest BCUT2D eigenvalue weighted by atomic mass is 32.2. The van der Waals surface area contributed by atoms with Gasteiger partial charge < -0.3 is 4.74 Å². The summed E-state index contributed by atoms with van der Waals surface area (Å²) < 4.78 is 32.5. The van der Waals surface area contributed by atoms with E-state index in [1.165, 1.54) is 0 Å². The average Bonchev–Trinajstić information content (AvgIpc) is 2.86. The first-order valence-corrected chi connectivity index (χ1v) is 8.66. The van der Waals surface area contributed by atoms with E-state index in [-0.39, 0.29) is 23.0 Å². The van der Waals surface area contributed by atoms with E-state index in [2.05, 4.69) is 4.72 Å². The number of benzene rings is 1. The third-order valence-corrected chi connectivity index (χ3v) is 5.04. The minimum Gasteiger partial charge on any atom is -0.463 e. The normalized spacial score (nSPS) is 22.4. The molecule has 21 heavy (non-hydrogen) atoms. The number of esters is 1. The third kappa shape index (κ3) is 4.04. The van der Waals surface area contributed by atoms with E-state index in [1.54, 1.807) is 44.2 Å². The summed E-state index contributed by atoms with van der Waals surface area (Å²) >= 11 is 0. The van der Waals surface area contributed by atoms with Crippen molar-refractivity contribution in [1.29, 1.82) is 0 Å². The Morgan fingerprint density at radius 2 is 1.90 bits per heavy atom. The largest absolute Gasteiger partial charge is 0.463 e. The number of hydrogen-bond donors (Lipinski definition) is 1. The van der Waals surface area contributed by atoms with Gasteiger partial charge >= 0.3 is 5.97 Å². The number of sulfonamides is 1. The fourth-order valence-electron chi connectivity index (χ4n) is 2.57. The van der Waals surface area contributed by atoms with Crippen molar-refractivity contribution in [2.75, 3.05) is 0 Å². The van der Waals surface area contributed by atoms with Gasteiger partial charge in [-0.3, -0.25) is 4.79 Å². The third-order valence-electron chi connectivity index (χ3n) is 3.53. The molecule has 2 rings (SSSR count). The smallest absolute Gasteiger partial charge is 0.310 e. The van der Waals surface area contributed by atoms with Crippen LogP contribution in [-0.2, 0) is 19.6 Å². The molecule has 0 saturated heterocycles. The fourth-order valence-corrected chi connectivity index (χ4v) is 3.90. The van der Waals surface area contributed by atoms with Gasteiger partial charge in [-0.1, -0.05) is 24.6 Å². The van der Waals surface area contributed by atoms with E-state index in [0.717, 1.165) is 6.42 Å². The van der Waals surface area contributed by atoms with Gasteiger partial charge in [0.15, 0.2) is 0 Å². The van der Waals surface area contributed by atoms with Crippen molar-refractivity contribution in [3.05, 3.63) is 30.3 Å². The van der Waals surface area contributed by atoms with Gasteiger partial charge in [0.2, 0.25) is 10.0 Å². The number of carbonyl (C=O) groups excluding carboxylic acids is 1. The molecule has 0 radical (unpaired) electrons. The predicted octanol–water partition coefficient (Wildman–Crippen LogP) is 2.09. The van der Waals surface area contributed by atoms with Gasteiger partial charge in [0.05, 0.1) is 16.9 Å². The van der Waals surface area contributed by atoms with E-state index in [1.807, 2.05) is 0 Å². The predicted molar refractivity (Wildman–Crippen MR) is 79.1 cm³/mol. The van der Waals surface area contributed by atoms with Crippen LogP contribution in [0.3, 0.4) is 0 Å². The van der Waals surface area contributed by atoms with Gasteiger partial charge in [-0.05, 0) is 38.8 Å². The molecule has 0 heterocycles. The number of rotatable bonds is 5. The summed E-state index contributed by atoms with van der Waals surface area (Å²) in [6.07, 6.45) is 1.95. The Hall–Kier alpha value is -1.40. The van der Waals surface area contributed by atoms with Gasteiger partial charge in [0.25, 0.3) is 0 Å². The van der Waals surface area contributed by atoms with Crippen LogP contribution in [0, 0.1) is 5.92 Å². The second-order valence-electron chi connectivity index (χ2n) is 5.56. The molecule has 0 bridgehead atoms. The number of hydrogen-bond acceptors (Lipinski definition) is 4. The standard InChI is InChI=1S/C15H21NO4S/c1-11(2)20-15(17)13-9-6-10-14(13)16-21(18,19)12-7-4-3-5-8-12/h3-5,7-8,11,13-14,16H,6,9-10H2,1-2H3/t13-,14+/m0/s1. The minimum absolute atomic E-state index is 0.190. The molecule has 0 aromatic heterocycles. The summed E-state index contributed by atoms with van der Waals surface area (Å²) in [5.74, 6) is -0.714. The molecule has 1 fully saturated rings. The maximum Gasteiger partial charge on any atom is 0.310 e. The van der Waals surface area contributed by atoms with E-state index < -0.39 is 15.9 Å². The van der Waals surface area contributed by atoms with E-state index >= 15 is 0 Å². The Morgan fingerprint density at radius 3 is 2.52 bits per heavy atom. The first kappa shape index (κ1) is 16.0.